The third-order valence-corrected chi connectivity index (χ3v) is 4.15. The van der Waals surface area contributed by atoms with Crippen LogP contribution in [0.25, 0.3) is 11.1 Å². The number of pyridine rings is 1. The van der Waals surface area contributed by atoms with E-state index in [1.54, 1.807) is 6.20 Å². The number of amides is 1. The quantitative estimate of drug-likeness (QED) is 0.901. The smallest absolute Gasteiger partial charge is 0.224 e. The van der Waals surface area contributed by atoms with Crippen molar-refractivity contribution in [2.45, 2.75) is 31.6 Å². The van der Waals surface area contributed by atoms with E-state index >= 15 is 0 Å². The lowest BCUT2D eigenvalue weighted by molar-refractivity contribution is -0.116. The zero-order valence-corrected chi connectivity index (χ0v) is 11.2. The number of nitrogens with zero attached hydrogens (tertiary/aromatic N) is 1. The summed E-state index contributed by atoms with van der Waals surface area (Å²) in [6.45, 7) is 0. The highest BCUT2D eigenvalue weighted by atomic mass is 16.1. The highest BCUT2D eigenvalue weighted by molar-refractivity contribution is 5.95. The highest BCUT2D eigenvalue weighted by Gasteiger charge is 2.30. The van der Waals surface area contributed by atoms with Crippen molar-refractivity contribution in [1.82, 2.24) is 4.98 Å². The summed E-state index contributed by atoms with van der Waals surface area (Å²) in [7, 11) is 0. The topological polar surface area (TPSA) is 42.0 Å². The minimum Gasteiger partial charge on any atom is -0.326 e. The summed E-state index contributed by atoms with van der Waals surface area (Å²) in [6.07, 6.45) is 7.60. The van der Waals surface area contributed by atoms with Crippen molar-refractivity contribution >= 4 is 11.6 Å². The molecule has 1 aromatic heterocycles. The fourth-order valence-electron chi connectivity index (χ4n) is 2.94. The molecule has 2 heterocycles. The van der Waals surface area contributed by atoms with E-state index in [1.807, 2.05) is 12.3 Å². The van der Waals surface area contributed by atoms with Crippen LogP contribution in [0.3, 0.4) is 0 Å². The van der Waals surface area contributed by atoms with Gasteiger partial charge >= 0.3 is 0 Å². The number of nitrogens with one attached hydrogen (secondary N) is 1. The minimum absolute atomic E-state index is 0.147. The number of carbonyl (C=O) groups excluding carboxylic acids is 1. The Kier molecular flexibility index (Phi) is 2.59. The van der Waals surface area contributed by atoms with Crippen molar-refractivity contribution in [2.24, 2.45) is 0 Å². The highest BCUT2D eigenvalue weighted by Crippen LogP contribution is 2.46. The molecule has 2 aliphatic rings. The molecule has 3 heteroatoms. The van der Waals surface area contributed by atoms with Crippen molar-refractivity contribution in [3.8, 4) is 11.1 Å². The Labute approximate surface area is 118 Å². The Morgan fingerprint density at radius 2 is 2.05 bits per heavy atom. The summed E-state index contributed by atoms with van der Waals surface area (Å²) in [6, 6.07) is 8.50. The molecule has 1 fully saturated rings. The average Bonchev–Trinajstić information content (AvgIpc) is 3.32. The van der Waals surface area contributed by atoms with Gasteiger partial charge in [0.2, 0.25) is 5.91 Å². The van der Waals surface area contributed by atoms with Crippen LogP contribution in [0.5, 0.6) is 0 Å². The van der Waals surface area contributed by atoms with E-state index in [4.69, 9.17) is 0 Å². The number of fused-ring (bicyclic) bond motifs is 1. The molecule has 3 nitrogen and oxygen atoms in total. The normalized spacial score (nSPS) is 17.5. The third-order valence-electron chi connectivity index (χ3n) is 4.15. The number of anilines is 1. The predicted octanol–water partition coefficient (Wildman–Crippen LogP) is 3.51. The lowest BCUT2D eigenvalue weighted by Gasteiger charge is -2.22. The summed E-state index contributed by atoms with van der Waals surface area (Å²) in [5.74, 6) is 0.771. The standard InChI is InChI=1S/C17H16N2O/c20-16-6-5-12-8-14(13-2-1-7-18-10-13)9-15(11-3-4-11)17(12)19-16/h1-2,7-11H,3-6H2,(H,19,20). The van der Waals surface area contributed by atoms with Gasteiger partial charge in [-0.1, -0.05) is 6.07 Å². The van der Waals surface area contributed by atoms with E-state index < -0.39 is 0 Å². The van der Waals surface area contributed by atoms with E-state index in [0.29, 0.717) is 12.3 Å². The molecule has 0 radical (unpaired) electrons. The van der Waals surface area contributed by atoms with Crippen LogP contribution in [0, 0.1) is 0 Å². The Balaban J connectivity index is 1.86. The van der Waals surface area contributed by atoms with E-state index in [-0.39, 0.29) is 5.91 Å². The van der Waals surface area contributed by atoms with Crippen LogP contribution in [-0.2, 0) is 11.2 Å². The first-order valence-corrected chi connectivity index (χ1v) is 7.18. The number of rotatable bonds is 2. The number of hydrogen-bond donors (Lipinski definition) is 1. The van der Waals surface area contributed by atoms with Gasteiger partial charge in [-0.2, -0.15) is 0 Å². The lowest BCUT2D eigenvalue weighted by atomic mass is 9.92. The first-order chi connectivity index (χ1) is 9.81. The van der Waals surface area contributed by atoms with Gasteiger partial charge in [0.05, 0.1) is 0 Å². The second-order valence-corrected chi connectivity index (χ2v) is 5.66. The molecular weight excluding hydrogens is 248 g/mol. The van der Waals surface area contributed by atoms with Crippen LogP contribution in [0.4, 0.5) is 5.69 Å². The summed E-state index contributed by atoms with van der Waals surface area (Å²) in [5, 5.41) is 3.07. The predicted molar refractivity (Wildman–Crippen MR) is 78.6 cm³/mol. The summed E-state index contributed by atoms with van der Waals surface area (Å²) < 4.78 is 0. The Morgan fingerprint density at radius 3 is 2.80 bits per heavy atom. The van der Waals surface area contributed by atoms with Gasteiger partial charge in [-0.25, -0.2) is 0 Å². The molecule has 1 aliphatic carbocycles. The fourth-order valence-corrected chi connectivity index (χ4v) is 2.94. The van der Waals surface area contributed by atoms with Gasteiger partial charge in [-0.15, -0.1) is 0 Å². The zero-order chi connectivity index (χ0) is 13.5. The number of aryl methyl sites for hydroxylation is 1. The molecule has 1 amide bonds. The molecule has 0 saturated heterocycles. The maximum Gasteiger partial charge on any atom is 0.224 e. The molecule has 0 bridgehead atoms. The van der Waals surface area contributed by atoms with Gasteiger partial charge in [0.15, 0.2) is 0 Å². The first kappa shape index (κ1) is 11.6. The molecule has 0 spiro atoms. The van der Waals surface area contributed by atoms with E-state index in [0.717, 1.165) is 17.7 Å². The van der Waals surface area contributed by atoms with Crippen molar-refractivity contribution < 1.29 is 4.79 Å². The molecule has 1 aliphatic heterocycles. The molecule has 2 aromatic rings. The van der Waals surface area contributed by atoms with E-state index in [9.17, 15) is 4.79 Å². The van der Waals surface area contributed by atoms with Gasteiger partial charge in [0, 0.05) is 30.1 Å². The van der Waals surface area contributed by atoms with Crippen molar-refractivity contribution in [3.63, 3.8) is 0 Å². The molecular formula is C17H16N2O. The molecule has 0 unspecified atom stereocenters. The van der Waals surface area contributed by atoms with Crippen molar-refractivity contribution in [2.75, 3.05) is 5.32 Å². The number of benzene rings is 1. The Hall–Kier alpha value is -2.16. The summed E-state index contributed by atoms with van der Waals surface area (Å²) in [4.78, 5) is 15.9. The molecule has 1 N–H and O–H groups in total. The maximum atomic E-state index is 11.7. The van der Waals surface area contributed by atoms with Gasteiger partial charge in [-0.3, -0.25) is 9.78 Å². The van der Waals surface area contributed by atoms with Crippen molar-refractivity contribution in [3.05, 3.63) is 47.8 Å². The largest absolute Gasteiger partial charge is 0.326 e. The van der Waals surface area contributed by atoms with E-state index in [1.165, 1.54) is 29.5 Å². The zero-order valence-electron chi connectivity index (χ0n) is 11.2. The second-order valence-electron chi connectivity index (χ2n) is 5.66. The summed E-state index contributed by atoms with van der Waals surface area (Å²) in [5.41, 5.74) is 6.03. The first-order valence-electron chi connectivity index (χ1n) is 7.18. The molecule has 1 aromatic carbocycles. The van der Waals surface area contributed by atoms with Crippen LogP contribution in [0.15, 0.2) is 36.7 Å². The number of hydrogen-bond acceptors (Lipinski definition) is 2. The Morgan fingerprint density at radius 1 is 1.15 bits per heavy atom. The van der Waals surface area contributed by atoms with Crippen LogP contribution >= 0.6 is 0 Å². The van der Waals surface area contributed by atoms with E-state index in [2.05, 4.69) is 28.5 Å². The number of carbonyl (C=O) groups is 1. The average molecular weight is 264 g/mol. The molecule has 4 rings (SSSR count). The molecule has 100 valence electrons. The van der Waals surface area contributed by atoms with Gasteiger partial charge in [0.25, 0.3) is 0 Å². The summed E-state index contributed by atoms with van der Waals surface area (Å²) >= 11 is 0. The SMILES string of the molecule is O=C1CCc2cc(-c3cccnc3)cc(C3CC3)c2N1. The van der Waals surface area contributed by atoms with Gasteiger partial charge < -0.3 is 5.32 Å². The minimum atomic E-state index is 0.147. The van der Waals surface area contributed by atoms with Crippen LogP contribution in [0.2, 0.25) is 0 Å². The van der Waals surface area contributed by atoms with Crippen LogP contribution < -0.4 is 5.32 Å². The third kappa shape index (κ3) is 1.99. The van der Waals surface area contributed by atoms with Crippen LogP contribution in [0.1, 0.15) is 36.3 Å². The molecule has 0 atom stereocenters. The molecule has 20 heavy (non-hydrogen) atoms. The molecule has 1 saturated carbocycles. The van der Waals surface area contributed by atoms with Crippen molar-refractivity contribution in [1.29, 1.82) is 0 Å². The van der Waals surface area contributed by atoms with Gasteiger partial charge in [-0.05, 0) is 60.1 Å². The number of aromatic nitrogens is 1. The second kappa shape index (κ2) is 4.44. The Bertz CT molecular complexity index is 675. The van der Waals surface area contributed by atoms with Crippen LogP contribution in [-0.4, -0.2) is 10.9 Å². The van der Waals surface area contributed by atoms with Gasteiger partial charge in [0.1, 0.15) is 0 Å². The fraction of sp³-hybridized carbons (Fsp3) is 0.294. The lowest BCUT2D eigenvalue weighted by Crippen LogP contribution is -2.20. The maximum absolute atomic E-state index is 11.7. The monoisotopic (exact) mass is 264 g/mol.